The number of nitrogens with one attached hydrogen (secondary N) is 1. The Balaban J connectivity index is 1.65. The summed E-state index contributed by atoms with van der Waals surface area (Å²) < 4.78 is 8.61. The predicted octanol–water partition coefficient (Wildman–Crippen LogP) is 3.87. The highest BCUT2D eigenvalue weighted by Crippen LogP contribution is 2.32. The first kappa shape index (κ1) is 19.7. The second-order valence-electron chi connectivity index (χ2n) is 6.63. The van der Waals surface area contributed by atoms with Crippen molar-refractivity contribution in [1.29, 1.82) is 0 Å². The van der Waals surface area contributed by atoms with Crippen molar-refractivity contribution < 1.29 is 9.53 Å². The molecular formula is C22H20N4O3S. The third kappa shape index (κ3) is 3.42. The number of rotatable bonds is 5. The van der Waals surface area contributed by atoms with E-state index in [1.807, 2.05) is 54.6 Å². The van der Waals surface area contributed by atoms with E-state index >= 15 is 0 Å². The maximum Gasteiger partial charge on any atom is 0.295 e. The number of methoxy groups -OCH3 is 1. The lowest BCUT2D eigenvalue weighted by Gasteiger charge is -2.07. The molecule has 0 aliphatic carbocycles. The summed E-state index contributed by atoms with van der Waals surface area (Å²) in [4.78, 5) is 30.2. The molecular weight excluding hydrogens is 400 g/mol. The standard InChI is InChI=1S/C22H20N4O3S/c1-14-19(22(28)26(25(14)2)15-9-5-4-6-10-15)24-20(27)17-13-30-21(23-17)16-11-7-8-12-18(16)29-3/h4-13H,1-3H3,(H,24,27). The van der Waals surface area contributed by atoms with Crippen molar-refractivity contribution in [2.24, 2.45) is 7.05 Å². The summed E-state index contributed by atoms with van der Waals surface area (Å²) in [5.74, 6) is 0.252. The van der Waals surface area contributed by atoms with Gasteiger partial charge in [-0.25, -0.2) is 9.67 Å². The third-order valence-corrected chi connectivity index (χ3v) is 5.74. The molecule has 8 heteroatoms. The molecule has 0 saturated carbocycles. The second kappa shape index (κ2) is 8.00. The quantitative estimate of drug-likeness (QED) is 0.532. The van der Waals surface area contributed by atoms with Crippen LogP contribution in [0.4, 0.5) is 5.69 Å². The first-order chi connectivity index (χ1) is 14.5. The summed E-state index contributed by atoms with van der Waals surface area (Å²) in [6.45, 7) is 1.79. The number of amides is 1. The summed E-state index contributed by atoms with van der Waals surface area (Å²) in [7, 11) is 3.37. The number of hydrogen-bond acceptors (Lipinski definition) is 5. The Hall–Kier alpha value is -3.65. The van der Waals surface area contributed by atoms with Crippen LogP contribution in [0.3, 0.4) is 0 Å². The Morgan fingerprint density at radius 2 is 1.80 bits per heavy atom. The molecule has 0 saturated heterocycles. The van der Waals surface area contributed by atoms with E-state index in [1.165, 1.54) is 16.0 Å². The van der Waals surface area contributed by atoms with Crippen LogP contribution in [0, 0.1) is 6.92 Å². The molecule has 1 N–H and O–H groups in total. The topological polar surface area (TPSA) is 78.2 Å². The van der Waals surface area contributed by atoms with Crippen molar-refractivity contribution in [1.82, 2.24) is 14.3 Å². The highest BCUT2D eigenvalue weighted by atomic mass is 32.1. The molecule has 0 aliphatic rings. The van der Waals surface area contributed by atoms with E-state index < -0.39 is 5.91 Å². The molecule has 0 radical (unpaired) electrons. The van der Waals surface area contributed by atoms with E-state index in [9.17, 15) is 9.59 Å². The van der Waals surface area contributed by atoms with Crippen molar-refractivity contribution in [3.63, 3.8) is 0 Å². The minimum absolute atomic E-state index is 0.234. The van der Waals surface area contributed by atoms with Crippen molar-refractivity contribution in [2.75, 3.05) is 12.4 Å². The summed E-state index contributed by atoms with van der Waals surface area (Å²) >= 11 is 1.34. The largest absolute Gasteiger partial charge is 0.496 e. The van der Waals surface area contributed by atoms with Crippen molar-refractivity contribution in [2.45, 2.75) is 6.92 Å². The molecule has 0 aliphatic heterocycles. The number of ether oxygens (including phenoxy) is 1. The molecule has 152 valence electrons. The average Bonchev–Trinajstić information content (AvgIpc) is 3.34. The Labute approximate surface area is 177 Å². The Kier molecular flexibility index (Phi) is 5.24. The summed E-state index contributed by atoms with van der Waals surface area (Å²) in [6, 6.07) is 16.8. The smallest absolute Gasteiger partial charge is 0.295 e. The average molecular weight is 420 g/mol. The van der Waals surface area contributed by atoms with Crippen LogP contribution in [-0.4, -0.2) is 27.4 Å². The molecule has 0 fully saturated rings. The summed E-state index contributed by atoms with van der Waals surface area (Å²) in [6.07, 6.45) is 0. The lowest BCUT2D eigenvalue weighted by Crippen LogP contribution is -2.23. The van der Waals surface area contributed by atoms with Gasteiger partial charge in [0.05, 0.1) is 24.1 Å². The highest BCUT2D eigenvalue weighted by Gasteiger charge is 2.20. The van der Waals surface area contributed by atoms with Gasteiger partial charge in [-0.2, -0.15) is 0 Å². The molecule has 0 unspecified atom stereocenters. The number of thiazole rings is 1. The van der Waals surface area contributed by atoms with Gasteiger partial charge >= 0.3 is 0 Å². The molecule has 0 spiro atoms. The number of carbonyl (C=O) groups excluding carboxylic acids is 1. The summed E-state index contributed by atoms with van der Waals surface area (Å²) in [5, 5.41) is 5.08. The van der Waals surface area contributed by atoms with Gasteiger partial charge in [-0.05, 0) is 31.2 Å². The van der Waals surface area contributed by atoms with Crippen LogP contribution in [0.5, 0.6) is 5.75 Å². The molecule has 1 amide bonds. The van der Waals surface area contributed by atoms with E-state index in [2.05, 4.69) is 10.3 Å². The zero-order valence-electron chi connectivity index (χ0n) is 16.7. The van der Waals surface area contributed by atoms with Gasteiger partial charge in [0.2, 0.25) is 0 Å². The lowest BCUT2D eigenvalue weighted by molar-refractivity contribution is 0.102. The molecule has 0 bridgehead atoms. The molecule has 2 aromatic heterocycles. The number of benzene rings is 2. The van der Waals surface area contributed by atoms with Gasteiger partial charge in [0, 0.05) is 12.4 Å². The fraction of sp³-hybridized carbons (Fsp3) is 0.136. The van der Waals surface area contributed by atoms with Gasteiger partial charge in [0.1, 0.15) is 22.1 Å². The van der Waals surface area contributed by atoms with Crippen LogP contribution >= 0.6 is 11.3 Å². The van der Waals surface area contributed by atoms with E-state index in [1.54, 1.807) is 31.1 Å². The SMILES string of the molecule is COc1ccccc1-c1nc(C(=O)Nc2c(C)n(C)n(-c3ccccc3)c2=O)cs1. The Bertz CT molecular complexity index is 1270. The third-order valence-electron chi connectivity index (χ3n) is 4.87. The van der Waals surface area contributed by atoms with Gasteiger partial charge in [0.25, 0.3) is 11.5 Å². The lowest BCUT2D eigenvalue weighted by atomic mass is 10.2. The number of aromatic nitrogens is 3. The van der Waals surface area contributed by atoms with Crippen molar-refractivity contribution in [3.8, 4) is 22.0 Å². The Morgan fingerprint density at radius 1 is 1.10 bits per heavy atom. The normalized spacial score (nSPS) is 10.8. The number of anilines is 1. The highest BCUT2D eigenvalue weighted by molar-refractivity contribution is 7.13. The molecule has 30 heavy (non-hydrogen) atoms. The van der Waals surface area contributed by atoms with Crippen LogP contribution in [0.1, 0.15) is 16.2 Å². The molecule has 4 rings (SSSR count). The minimum Gasteiger partial charge on any atom is -0.496 e. The van der Waals surface area contributed by atoms with E-state index in [4.69, 9.17) is 4.74 Å². The number of para-hydroxylation sites is 2. The van der Waals surface area contributed by atoms with Gasteiger partial charge in [-0.1, -0.05) is 30.3 Å². The maximum absolute atomic E-state index is 13.0. The van der Waals surface area contributed by atoms with Crippen LogP contribution in [0.15, 0.2) is 64.8 Å². The molecule has 7 nitrogen and oxygen atoms in total. The van der Waals surface area contributed by atoms with Crippen molar-refractivity contribution in [3.05, 3.63) is 81.7 Å². The molecule has 0 atom stereocenters. The van der Waals surface area contributed by atoms with Crippen LogP contribution in [0.25, 0.3) is 16.3 Å². The predicted molar refractivity (Wildman–Crippen MR) is 118 cm³/mol. The summed E-state index contributed by atoms with van der Waals surface area (Å²) in [5.41, 5.74) is 2.37. The second-order valence-corrected chi connectivity index (χ2v) is 7.49. The van der Waals surface area contributed by atoms with Crippen LogP contribution in [-0.2, 0) is 7.05 Å². The monoisotopic (exact) mass is 420 g/mol. The van der Waals surface area contributed by atoms with E-state index in [0.29, 0.717) is 16.5 Å². The molecule has 2 heterocycles. The van der Waals surface area contributed by atoms with Gasteiger partial charge < -0.3 is 10.1 Å². The molecule has 2 aromatic carbocycles. The number of hydrogen-bond donors (Lipinski definition) is 1. The van der Waals surface area contributed by atoms with Gasteiger partial charge in [-0.15, -0.1) is 11.3 Å². The number of carbonyl (C=O) groups is 1. The van der Waals surface area contributed by atoms with Crippen LogP contribution < -0.4 is 15.6 Å². The van der Waals surface area contributed by atoms with E-state index in [-0.39, 0.29) is 16.9 Å². The van der Waals surface area contributed by atoms with Gasteiger partial charge in [-0.3, -0.25) is 14.3 Å². The van der Waals surface area contributed by atoms with Crippen molar-refractivity contribution >= 4 is 22.9 Å². The van der Waals surface area contributed by atoms with Crippen LogP contribution in [0.2, 0.25) is 0 Å². The zero-order valence-corrected chi connectivity index (χ0v) is 17.6. The van der Waals surface area contributed by atoms with Gasteiger partial charge in [0.15, 0.2) is 0 Å². The fourth-order valence-corrected chi connectivity index (χ4v) is 4.04. The first-order valence-corrected chi connectivity index (χ1v) is 10.1. The zero-order chi connectivity index (χ0) is 21.3. The Morgan fingerprint density at radius 3 is 2.53 bits per heavy atom. The molecule has 4 aromatic rings. The number of nitrogens with zero attached hydrogens (tertiary/aromatic N) is 3. The maximum atomic E-state index is 13.0. The minimum atomic E-state index is -0.432. The van der Waals surface area contributed by atoms with E-state index in [0.717, 1.165) is 11.3 Å². The fourth-order valence-electron chi connectivity index (χ4n) is 3.21. The first-order valence-electron chi connectivity index (χ1n) is 9.25.